The number of hydrogen-bond acceptors (Lipinski definition) is 2. The second kappa shape index (κ2) is 6.02. The standard InChI is InChI=1S/C16H18BrN3O/c1-11(13-4-5-13)20-15(8-9-18-20)19-16(21)10-12-2-6-14(17)7-3-12/h2-3,6-9,11,13H,4-5,10H2,1H3,(H,19,21). The molecule has 2 aromatic rings. The minimum atomic E-state index is -0.0120. The molecule has 1 fully saturated rings. The van der Waals surface area contributed by atoms with E-state index in [1.807, 2.05) is 35.0 Å². The zero-order valence-electron chi connectivity index (χ0n) is 11.9. The summed E-state index contributed by atoms with van der Waals surface area (Å²) in [5.41, 5.74) is 0.997. The average Bonchev–Trinajstić information content (AvgIpc) is 3.21. The fraction of sp³-hybridized carbons (Fsp3) is 0.375. The molecule has 1 aromatic carbocycles. The van der Waals surface area contributed by atoms with Crippen molar-refractivity contribution in [2.45, 2.75) is 32.2 Å². The number of benzene rings is 1. The van der Waals surface area contributed by atoms with Crippen molar-refractivity contribution in [1.82, 2.24) is 9.78 Å². The number of carbonyl (C=O) groups excluding carboxylic acids is 1. The van der Waals surface area contributed by atoms with Gasteiger partial charge in [0.1, 0.15) is 5.82 Å². The van der Waals surface area contributed by atoms with Crippen molar-refractivity contribution in [2.24, 2.45) is 5.92 Å². The maximum atomic E-state index is 12.2. The Morgan fingerprint density at radius 3 is 2.76 bits per heavy atom. The number of nitrogens with zero attached hydrogens (tertiary/aromatic N) is 2. The molecular weight excluding hydrogens is 330 g/mol. The molecule has 0 radical (unpaired) electrons. The quantitative estimate of drug-likeness (QED) is 0.894. The van der Waals surface area contributed by atoms with E-state index in [9.17, 15) is 4.79 Å². The summed E-state index contributed by atoms with van der Waals surface area (Å²) in [6.45, 7) is 2.16. The molecule has 1 atom stereocenters. The Bertz CT molecular complexity index is 631. The molecular formula is C16H18BrN3O. The first-order valence-electron chi connectivity index (χ1n) is 7.21. The van der Waals surface area contributed by atoms with Gasteiger partial charge in [0.15, 0.2) is 0 Å². The van der Waals surface area contributed by atoms with Gasteiger partial charge in [-0.2, -0.15) is 5.10 Å². The van der Waals surface area contributed by atoms with Gasteiger partial charge in [0.05, 0.1) is 18.7 Å². The van der Waals surface area contributed by atoms with Gasteiger partial charge >= 0.3 is 0 Å². The molecule has 1 amide bonds. The van der Waals surface area contributed by atoms with Gasteiger partial charge in [-0.1, -0.05) is 28.1 Å². The highest BCUT2D eigenvalue weighted by molar-refractivity contribution is 9.10. The van der Waals surface area contributed by atoms with Gasteiger partial charge in [0.25, 0.3) is 0 Å². The Morgan fingerprint density at radius 1 is 1.38 bits per heavy atom. The fourth-order valence-electron chi connectivity index (χ4n) is 2.49. The lowest BCUT2D eigenvalue weighted by Gasteiger charge is -2.15. The Balaban J connectivity index is 1.64. The van der Waals surface area contributed by atoms with Crippen LogP contribution in [0.4, 0.5) is 5.82 Å². The topological polar surface area (TPSA) is 46.9 Å². The maximum Gasteiger partial charge on any atom is 0.229 e. The summed E-state index contributed by atoms with van der Waals surface area (Å²) in [7, 11) is 0. The summed E-state index contributed by atoms with van der Waals surface area (Å²) in [4.78, 5) is 12.2. The van der Waals surface area contributed by atoms with Crippen molar-refractivity contribution in [3.8, 4) is 0 Å². The van der Waals surface area contributed by atoms with E-state index in [1.165, 1.54) is 12.8 Å². The van der Waals surface area contributed by atoms with Crippen LogP contribution in [-0.4, -0.2) is 15.7 Å². The van der Waals surface area contributed by atoms with Crippen LogP contribution < -0.4 is 5.32 Å². The van der Waals surface area contributed by atoms with E-state index in [1.54, 1.807) is 6.20 Å². The van der Waals surface area contributed by atoms with Crippen LogP contribution in [0.15, 0.2) is 41.0 Å². The zero-order valence-corrected chi connectivity index (χ0v) is 13.5. The Labute approximate surface area is 132 Å². The Morgan fingerprint density at radius 2 is 2.10 bits per heavy atom. The molecule has 21 heavy (non-hydrogen) atoms. The van der Waals surface area contributed by atoms with Gasteiger partial charge in [0, 0.05) is 10.5 Å². The van der Waals surface area contributed by atoms with Crippen LogP contribution in [0.3, 0.4) is 0 Å². The molecule has 3 rings (SSSR count). The van der Waals surface area contributed by atoms with Crippen LogP contribution in [-0.2, 0) is 11.2 Å². The molecule has 1 aliphatic carbocycles. The third-order valence-electron chi connectivity index (χ3n) is 3.91. The van der Waals surface area contributed by atoms with Crippen LogP contribution in [0.2, 0.25) is 0 Å². The van der Waals surface area contributed by atoms with Crippen molar-refractivity contribution in [3.63, 3.8) is 0 Å². The monoisotopic (exact) mass is 347 g/mol. The molecule has 1 heterocycles. The lowest BCUT2D eigenvalue weighted by atomic mass is 10.1. The van der Waals surface area contributed by atoms with Crippen LogP contribution >= 0.6 is 15.9 Å². The lowest BCUT2D eigenvalue weighted by Crippen LogP contribution is -2.19. The van der Waals surface area contributed by atoms with E-state index in [0.717, 1.165) is 15.9 Å². The highest BCUT2D eigenvalue weighted by Gasteiger charge is 2.30. The number of rotatable bonds is 5. The lowest BCUT2D eigenvalue weighted by molar-refractivity contribution is -0.115. The van der Waals surface area contributed by atoms with E-state index in [-0.39, 0.29) is 5.91 Å². The van der Waals surface area contributed by atoms with Gasteiger partial charge in [-0.15, -0.1) is 0 Å². The highest BCUT2D eigenvalue weighted by atomic mass is 79.9. The molecule has 1 saturated carbocycles. The minimum Gasteiger partial charge on any atom is -0.311 e. The van der Waals surface area contributed by atoms with Gasteiger partial charge in [-0.05, 0) is 43.4 Å². The molecule has 1 N–H and O–H groups in total. The third kappa shape index (κ3) is 3.53. The maximum absolute atomic E-state index is 12.2. The smallest absolute Gasteiger partial charge is 0.229 e. The van der Waals surface area contributed by atoms with Crippen molar-refractivity contribution >= 4 is 27.7 Å². The van der Waals surface area contributed by atoms with E-state index < -0.39 is 0 Å². The average molecular weight is 348 g/mol. The number of amides is 1. The summed E-state index contributed by atoms with van der Waals surface area (Å²) in [6, 6.07) is 10.0. The molecule has 4 nitrogen and oxygen atoms in total. The van der Waals surface area contributed by atoms with E-state index in [0.29, 0.717) is 18.4 Å². The van der Waals surface area contributed by atoms with E-state index in [4.69, 9.17) is 0 Å². The molecule has 1 aliphatic rings. The number of anilines is 1. The van der Waals surface area contributed by atoms with Crippen LogP contribution in [0.5, 0.6) is 0 Å². The first kappa shape index (κ1) is 14.3. The van der Waals surface area contributed by atoms with Crippen LogP contribution in [0.25, 0.3) is 0 Å². The number of nitrogens with one attached hydrogen (secondary N) is 1. The van der Waals surface area contributed by atoms with Crippen molar-refractivity contribution < 1.29 is 4.79 Å². The van der Waals surface area contributed by atoms with Crippen molar-refractivity contribution in [1.29, 1.82) is 0 Å². The van der Waals surface area contributed by atoms with Crippen LogP contribution in [0.1, 0.15) is 31.4 Å². The van der Waals surface area contributed by atoms with Gasteiger partial charge in [-0.25, -0.2) is 4.68 Å². The summed E-state index contributed by atoms with van der Waals surface area (Å²) >= 11 is 3.39. The second-order valence-electron chi connectivity index (χ2n) is 5.59. The normalized spacial score (nSPS) is 15.7. The summed E-state index contributed by atoms with van der Waals surface area (Å²) in [5.74, 6) is 1.48. The second-order valence-corrected chi connectivity index (χ2v) is 6.51. The summed E-state index contributed by atoms with van der Waals surface area (Å²) in [6.07, 6.45) is 4.63. The van der Waals surface area contributed by atoms with E-state index >= 15 is 0 Å². The molecule has 1 aromatic heterocycles. The van der Waals surface area contributed by atoms with Crippen molar-refractivity contribution in [2.75, 3.05) is 5.32 Å². The number of carbonyl (C=O) groups is 1. The van der Waals surface area contributed by atoms with Crippen molar-refractivity contribution in [3.05, 3.63) is 46.6 Å². The largest absolute Gasteiger partial charge is 0.311 e. The van der Waals surface area contributed by atoms with Crippen LogP contribution in [0, 0.1) is 5.92 Å². The van der Waals surface area contributed by atoms with E-state index in [2.05, 4.69) is 33.3 Å². The Kier molecular flexibility index (Phi) is 4.10. The predicted molar refractivity (Wildman–Crippen MR) is 86.1 cm³/mol. The molecule has 5 heteroatoms. The van der Waals surface area contributed by atoms with Gasteiger partial charge in [-0.3, -0.25) is 4.79 Å². The molecule has 110 valence electrons. The first-order valence-corrected chi connectivity index (χ1v) is 8.00. The molecule has 0 saturated heterocycles. The molecule has 0 bridgehead atoms. The Hall–Kier alpha value is -1.62. The number of halogens is 1. The third-order valence-corrected chi connectivity index (χ3v) is 4.43. The SMILES string of the molecule is CC(C1CC1)n1nccc1NC(=O)Cc1ccc(Br)cc1. The minimum absolute atomic E-state index is 0.0120. The summed E-state index contributed by atoms with van der Waals surface area (Å²) < 4.78 is 2.94. The summed E-state index contributed by atoms with van der Waals surface area (Å²) in [5, 5.41) is 7.31. The first-order chi connectivity index (χ1) is 10.1. The molecule has 1 unspecified atom stereocenters. The molecule has 0 spiro atoms. The highest BCUT2D eigenvalue weighted by Crippen LogP contribution is 2.40. The zero-order chi connectivity index (χ0) is 14.8. The number of hydrogen-bond donors (Lipinski definition) is 1. The van der Waals surface area contributed by atoms with Gasteiger partial charge in [0.2, 0.25) is 5.91 Å². The fourth-order valence-corrected chi connectivity index (χ4v) is 2.76. The molecule has 0 aliphatic heterocycles. The van der Waals surface area contributed by atoms with Gasteiger partial charge < -0.3 is 5.32 Å². The predicted octanol–water partition coefficient (Wildman–Crippen LogP) is 3.80. The number of aromatic nitrogens is 2.